The van der Waals surface area contributed by atoms with Gasteiger partial charge in [0.1, 0.15) is 0 Å². The van der Waals surface area contributed by atoms with Gasteiger partial charge in [-0.05, 0) is 12.2 Å². The van der Waals surface area contributed by atoms with Crippen molar-refractivity contribution in [2.75, 3.05) is 26.6 Å². The van der Waals surface area contributed by atoms with Crippen LogP contribution in [-0.2, 0) is 19.1 Å². The summed E-state index contributed by atoms with van der Waals surface area (Å²) in [4.78, 5) is 22.2. The summed E-state index contributed by atoms with van der Waals surface area (Å²) >= 11 is 1.10. The average molecular weight is 222 g/mol. The molecule has 0 spiro atoms. The van der Waals surface area contributed by atoms with Crippen LogP contribution in [0, 0.1) is 0 Å². The Kier molecular flexibility index (Phi) is 7.23. The summed E-state index contributed by atoms with van der Waals surface area (Å²) in [6.07, 6.45) is 0.523. The van der Waals surface area contributed by atoms with Gasteiger partial charge in [0.15, 0.2) is 5.25 Å². The van der Waals surface area contributed by atoms with Gasteiger partial charge < -0.3 is 14.6 Å². The number of hydrogen-bond acceptors (Lipinski definition) is 6. The molecular weight excluding hydrogens is 208 g/mol. The van der Waals surface area contributed by atoms with Gasteiger partial charge in [-0.1, -0.05) is 0 Å². The number of carbonyl (C=O) groups excluding carboxylic acids is 2. The Bertz CT molecular complexity index is 178. The number of aliphatic hydroxyl groups is 1. The maximum atomic E-state index is 11.1. The van der Waals surface area contributed by atoms with Gasteiger partial charge in [0.2, 0.25) is 0 Å². The third kappa shape index (κ3) is 4.48. The van der Waals surface area contributed by atoms with Crippen LogP contribution >= 0.6 is 11.8 Å². The third-order valence-corrected chi connectivity index (χ3v) is 2.66. The average Bonchev–Trinajstić information content (AvgIpc) is 2.22. The maximum absolute atomic E-state index is 11.1. The first-order valence-electron chi connectivity index (χ1n) is 4.05. The number of aliphatic hydroxyl groups excluding tert-OH is 1. The minimum Gasteiger partial charge on any atom is -0.468 e. The molecule has 0 bridgehead atoms. The van der Waals surface area contributed by atoms with E-state index in [-0.39, 0.29) is 6.61 Å². The van der Waals surface area contributed by atoms with Crippen molar-refractivity contribution < 1.29 is 24.2 Å². The lowest BCUT2D eigenvalue weighted by molar-refractivity contribution is -0.150. The number of rotatable bonds is 6. The third-order valence-electron chi connectivity index (χ3n) is 1.42. The highest BCUT2D eigenvalue weighted by molar-refractivity contribution is 8.01. The van der Waals surface area contributed by atoms with Gasteiger partial charge in [-0.25, -0.2) is 0 Å². The van der Waals surface area contributed by atoms with Crippen molar-refractivity contribution in [3.05, 3.63) is 0 Å². The number of hydrogen-bond donors (Lipinski definition) is 1. The SMILES string of the molecule is COC(=O)C(SCCCO)C(=O)OC. The summed E-state index contributed by atoms with van der Waals surface area (Å²) in [6.45, 7) is 0.0298. The largest absolute Gasteiger partial charge is 0.468 e. The molecule has 14 heavy (non-hydrogen) atoms. The Morgan fingerprint density at radius 2 is 1.79 bits per heavy atom. The first-order chi connectivity index (χ1) is 6.67. The van der Waals surface area contributed by atoms with Crippen LogP contribution in [-0.4, -0.2) is 48.9 Å². The molecule has 0 aromatic rings. The van der Waals surface area contributed by atoms with E-state index in [9.17, 15) is 9.59 Å². The van der Waals surface area contributed by atoms with Crippen molar-refractivity contribution in [3.8, 4) is 0 Å². The molecule has 0 aromatic heterocycles. The molecule has 6 heteroatoms. The molecule has 0 saturated carbocycles. The fourth-order valence-electron chi connectivity index (χ4n) is 0.712. The van der Waals surface area contributed by atoms with Crippen molar-refractivity contribution in [1.82, 2.24) is 0 Å². The molecule has 0 amide bonds. The van der Waals surface area contributed by atoms with E-state index >= 15 is 0 Å². The zero-order valence-electron chi connectivity index (χ0n) is 8.19. The lowest BCUT2D eigenvalue weighted by Gasteiger charge is -2.11. The molecule has 0 fully saturated rings. The van der Waals surface area contributed by atoms with E-state index in [0.717, 1.165) is 11.8 Å². The fourth-order valence-corrected chi connectivity index (χ4v) is 1.71. The van der Waals surface area contributed by atoms with Gasteiger partial charge in [-0.3, -0.25) is 9.59 Å². The van der Waals surface area contributed by atoms with Gasteiger partial charge in [0.05, 0.1) is 14.2 Å². The van der Waals surface area contributed by atoms with Crippen LogP contribution in [0.2, 0.25) is 0 Å². The minimum atomic E-state index is -0.948. The van der Waals surface area contributed by atoms with Crippen LogP contribution < -0.4 is 0 Å². The summed E-state index contributed by atoms with van der Waals surface area (Å²) in [7, 11) is 2.43. The monoisotopic (exact) mass is 222 g/mol. The molecule has 0 saturated heterocycles. The predicted molar refractivity (Wildman–Crippen MR) is 52.0 cm³/mol. The molecule has 0 aromatic carbocycles. The number of ether oxygens (including phenoxy) is 2. The molecule has 5 nitrogen and oxygen atoms in total. The van der Waals surface area contributed by atoms with Crippen molar-refractivity contribution in [2.24, 2.45) is 0 Å². The van der Waals surface area contributed by atoms with Crippen LogP contribution in [0.3, 0.4) is 0 Å². The Labute approximate surface area is 86.8 Å². The van der Waals surface area contributed by atoms with Crippen LogP contribution in [0.5, 0.6) is 0 Å². The topological polar surface area (TPSA) is 72.8 Å². The lowest BCUT2D eigenvalue weighted by Crippen LogP contribution is -2.29. The Balaban J connectivity index is 4.11. The van der Waals surface area contributed by atoms with E-state index in [4.69, 9.17) is 5.11 Å². The van der Waals surface area contributed by atoms with Gasteiger partial charge in [-0.15, -0.1) is 11.8 Å². The summed E-state index contributed by atoms with van der Waals surface area (Å²) in [5.41, 5.74) is 0. The summed E-state index contributed by atoms with van der Waals surface area (Å²) in [5.74, 6) is -0.745. The van der Waals surface area contributed by atoms with E-state index in [1.165, 1.54) is 14.2 Å². The number of carbonyl (C=O) groups is 2. The zero-order valence-corrected chi connectivity index (χ0v) is 9.00. The van der Waals surface area contributed by atoms with Gasteiger partial charge >= 0.3 is 11.9 Å². The van der Waals surface area contributed by atoms with E-state index in [0.29, 0.717) is 12.2 Å². The Hall–Kier alpha value is -0.750. The molecular formula is C8H14O5S. The highest BCUT2D eigenvalue weighted by Crippen LogP contribution is 2.15. The molecule has 1 N–H and O–H groups in total. The van der Waals surface area contributed by atoms with Crippen LogP contribution in [0.1, 0.15) is 6.42 Å². The second-order valence-electron chi connectivity index (χ2n) is 2.37. The second kappa shape index (κ2) is 7.64. The number of thioether (sulfide) groups is 1. The van der Waals surface area contributed by atoms with Gasteiger partial charge in [0.25, 0.3) is 0 Å². The molecule has 0 atom stereocenters. The smallest absolute Gasteiger partial charge is 0.330 e. The molecule has 0 aliphatic rings. The van der Waals surface area contributed by atoms with Crippen molar-refractivity contribution >= 4 is 23.7 Å². The molecule has 0 aliphatic carbocycles. The zero-order chi connectivity index (χ0) is 11.0. The van der Waals surface area contributed by atoms with Crippen molar-refractivity contribution in [1.29, 1.82) is 0 Å². The van der Waals surface area contributed by atoms with Crippen LogP contribution in [0.25, 0.3) is 0 Å². The van der Waals surface area contributed by atoms with Crippen LogP contribution in [0.4, 0.5) is 0 Å². The van der Waals surface area contributed by atoms with E-state index in [2.05, 4.69) is 9.47 Å². The van der Waals surface area contributed by atoms with E-state index in [1.807, 2.05) is 0 Å². The summed E-state index contributed by atoms with van der Waals surface area (Å²) < 4.78 is 8.89. The lowest BCUT2D eigenvalue weighted by atomic mass is 10.4. The minimum absolute atomic E-state index is 0.0298. The molecule has 0 rings (SSSR count). The predicted octanol–water partition coefficient (Wildman–Crippen LogP) is -0.183. The standard InChI is InChI=1S/C8H14O5S/c1-12-7(10)6(8(11)13-2)14-5-3-4-9/h6,9H,3-5H2,1-2H3. The second-order valence-corrected chi connectivity index (χ2v) is 3.59. The number of methoxy groups -OCH3 is 2. The first-order valence-corrected chi connectivity index (χ1v) is 5.10. The van der Waals surface area contributed by atoms with E-state index < -0.39 is 17.2 Å². The normalized spacial score (nSPS) is 10.0. The molecule has 82 valence electrons. The van der Waals surface area contributed by atoms with Crippen molar-refractivity contribution in [2.45, 2.75) is 11.7 Å². The fraction of sp³-hybridized carbons (Fsp3) is 0.750. The summed E-state index contributed by atoms with van der Waals surface area (Å²) in [6, 6.07) is 0. The maximum Gasteiger partial charge on any atom is 0.330 e. The molecule has 0 radical (unpaired) electrons. The number of esters is 2. The molecule has 0 unspecified atom stereocenters. The van der Waals surface area contributed by atoms with Gasteiger partial charge in [-0.2, -0.15) is 0 Å². The molecule has 0 heterocycles. The quantitative estimate of drug-likeness (QED) is 0.382. The highest BCUT2D eigenvalue weighted by Gasteiger charge is 2.28. The van der Waals surface area contributed by atoms with Gasteiger partial charge in [0, 0.05) is 6.61 Å². The van der Waals surface area contributed by atoms with Crippen molar-refractivity contribution in [3.63, 3.8) is 0 Å². The highest BCUT2D eigenvalue weighted by atomic mass is 32.2. The van der Waals surface area contributed by atoms with Crippen LogP contribution in [0.15, 0.2) is 0 Å². The first kappa shape index (κ1) is 13.2. The Morgan fingerprint density at radius 3 is 2.14 bits per heavy atom. The summed E-state index contributed by atoms with van der Waals surface area (Å²) in [5, 5.41) is 7.58. The van der Waals surface area contributed by atoms with E-state index in [1.54, 1.807) is 0 Å². The molecule has 0 aliphatic heterocycles. The Morgan fingerprint density at radius 1 is 1.29 bits per heavy atom.